The third-order valence-electron chi connectivity index (χ3n) is 10.2. The molecular formula is C44H22N4O2. The van der Waals surface area contributed by atoms with E-state index in [0.29, 0.717) is 22.5 Å². The number of hydrogen-bond acceptors (Lipinski definition) is 4. The first-order chi connectivity index (χ1) is 24.7. The van der Waals surface area contributed by atoms with Crippen LogP contribution in [0.2, 0.25) is 0 Å². The van der Waals surface area contributed by atoms with Gasteiger partial charge in [-0.1, -0.05) is 72.8 Å². The number of rotatable bonds is 2. The van der Waals surface area contributed by atoms with Crippen molar-refractivity contribution in [3.8, 4) is 23.5 Å². The van der Waals surface area contributed by atoms with E-state index < -0.39 is 0 Å². The Balaban J connectivity index is 1.27. The normalized spacial score (nSPS) is 12.0. The molecule has 0 spiro atoms. The lowest BCUT2D eigenvalue weighted by Crippen LogP contribution is -2.04. The monoisotopic (exact) mass is 638 g/mol. The van der Waals surface area contributed by atoms with E-state index in [0.717, 1.165) is 87.5 Å². The fraction of sp³-hybridized carbons (Fsp3) is 0. The minimum Gasteiger partial charge on any atom is -0.456 e. The summed E-state index contributed by atoms with van der Waals surface area (Å²) in [7, 11) is 0. The second-order valence-corrected chi connectivity index (χ2v) is 12.7. The number of hydrogen-bond donors (Lipinski definition) is 0. The molecule has 50 heavy (non-hydrogen) atoms. The number of furan rings is 2. The van der Waals surface area contributed by atoms with Crippen LogP contribution in [0.4, 0.5) is 0 Å². The van der Waals surface area contributed by atoms with Crippen LogP contribution in [0.3, 0.4) is 0 Å². The molecule has 0 aliphatic carbocycles. The summed E-state index contributed by atoms with van der Waals surface area (Å²) in [6, 6.07) is 49.7. The Morgan fingerprint density at radius 2 is 0.780 bits per heavy atom. The van der Waals surface area contributed by atoms with E-state index in [-0.39, 0.29) is 0 Å². The molecule has 0 N–H and O–H groups in total. The van der Waals surface area contributed by atoms with Crippen molar-refractivity contribution < 1.29 is 8.83 Å². The van der Waals surface area contributed by atoms with Crippen molar-refractivity contribution in [3.63, 3.8) is 0 Å². The number of aromatic nitrogens is 2. The van der Waals surface area contributed by atoms with Gasteiger partial charge in [0.05, 0.1) is 44.6 Å². The van der Waals surface area contributed by atoms with Crippen molar-refractivity contribution >= 4 is 87.5 Å². The number of benzene rings is 7. The van der Waals surface area contributed by atoms with Gasteiger partial charge in [0.1, 0.15) is 34.5 Å². The van der Waals surface area contributed by atoms with Gasteiger partial charge in [-0.25, -0.2) is 0 Å². The molecule has 0 atom stereocenters. The molecule has 0 aliphatic heterocycles. The van der Waals surface area contributed by atoms with Crippen LogP contribution in [0.15, 0.2) is 142 Å². The molecule has 0 saturated carbocycles. The van der Waals surface area contributed by atoms with Crippen LogP contribution >= 0.6 is 0 Å². The molecule has 0 aliphatic rings. The first kappa shape index (κ1) is 26.8. The summed E-state index contributed by atoms with van der Waals surface area (Å²) in [5, 5.41) is 29.6. The minimum absolute atomic E-state index is 0.401. The quantitative estimate of drug-likeness (QED) is 0.189. The molecule has 0 amide bonds. The second kappa shape index (κ2) is 9.64. The van der Waals surface area contributed by atoms with Gasteiger partial charge in [-0.3, -0.25) is 0 Å². The van der Waals surface area contributed by atoms with Gasteiger partial charge >= 0.3 is 0 Å². The molecule has 0 bridgehead atoms. The highest BCUT2D eigenvalue weighted by Gasteiger charge is 2.23. The van der Waals surface area contributed by atoms with E-state index in [1.807, 2.05) is 66.7 Å². The van der Waals surface area contributed by atoms with Crippen molar-refractivity contribution in [2.24, 2.45) is 0 Å². The van der Waals surface area contributed by atoms with E-state index >= 15 is 0 Å². The van der Waals surface area contributed by atoms with Crippen molar-refractivity contribution in [1.29, 1.82) is 10.5 Å². The van der Waals surface area contributed by atoms with Crippen LogP contribution in [0.5, 0.6) is 0 Å². The summed E-state index contributed by atoms with van der Waals surface area (Å²) in [6.45, 7) is 0. The molecular weight excluding hydrogens is 617 g/mol. The van der Waals surface area contributed by atoms with Crippen LogP contribution in [-0.4, -0.2) is 9.13 Å². The molecule has 0 saturated heterocycles. The average molecular weight is 639 g/mol. The summed E-state index contributed by atoms with van der Waals surface area (Å²) in [5.74, 6) is 0. The summed E-state index contributed by atoms with van der Waals surface area (Å²) >= 11 is 0. The molecule has 11 rings (SSSR count). The lowest BCUT2D eigenvalue weighted by atomic mass is 10.1. The summed E-state index contributed by atoms with van der Waals surface area (Å²) in [4.78, 5) is 0. The maximum absolute atomic E-state index is 10.6. The smallest absolute Gasteiger partial charge is 0.137 e. The Labute approximate surface area is 283 Å². The maximum Gasteiger partial charge on any atom is 0.137 e. The molecule has 4 aromatic heterocycles. The first-order valence-corrected chi connectivity index (χ1v) is 16.4. The molecule has 230 valence electrons. The van der Waals surface area contributed by atoms with Gasteiger partial charge in [-0.05, 0) is 48.5 Å². The Kier molecular flexibility index (Phi) is 5.16. The predicted octanol–water partition coefficient (Wildman–Crippen LogP) is 11.4. The largest absolute Gasteiger partial charge is 0.456 e. The van der Waals surface area contributed by atoms with E-state index in [4.69, 9.17) is 8.83 Å². The minimum atomic E-state index is 0.401. The third kappa shape index (κ3) is 3.44. The van der Waals surface area contributed by atoms with Crippen molar-refractivity contribution in [1.82, 2.24) is 9.13 Å². The molecule has 0 fully saturated rings. The Hall–Kier alpha value is -7.28. The lowest BCUT2D eigenvalue weighted by molar-refractivity contribution is 0.669. The van der Waals surface area contributed by atoms with Gasteiger partial charge in [-0.2, -0.15) is 10.5 Å². The lowest BCUT2D eigenvalue weighted by Gasteiger charge is -2.16. The van der Waals surface area contributed by atoms with Gasteiger partial charge in [-0.15, -0.1) is 0 Å². The fourth-order valence-corrected chi connectivity index (χ4v) is 8.02. The van der Waals surface area contributed by atoms with E-state index in [1.54, 1.807) is 6.07 Å². The van der Waals surface area contributed by atoms with Gasteiger partial charge < -0.3 is 18.0 Å². The molecule has 6 heteroatoms. The summed E-state index contributed by atoms with van der Waals surface area (Å²) in [5.41, 5.74) is 9.10. The molecule has 0 radical (unpaired) electrons. The molecule has 0 unspecified atom stereocenters. The number of fused-ring (bicyclic) bond motifs is 12. The Morgan fingerprint density at radius 3 is 1.24 bits per heavy atom. The molecule has 6 nitrogen and oxygen atoms in total. The van der Waals surface area contributed by atoms with Crippen molar-refractivity contribution in [3.05, 3.63) is 145 Å². The number of nitrogens with zero attached hydrogens (tertiary/aromatic N) is 4. The maximum atomic E-state index is 10.6. The Morgan fingerprint density at radius 1 is 0.360 bits per heavy atom. The van der Waals surface area contributed by atoms with Crippen molar-refractivity contribution in [2.45, 2.75) is 0 Å². The van der Waals surface area contributed by atoms with E-state index in [1.165, 1.54) is 0 Å². The third-order valence-corrected chi connectivity index (χ3v) is 10.2. The topological polar surface area (TPSA) is 83.7 Å². The van der Waals surface area contributed by atoms with Gasteiger partial charge in [0.15, 0.2) is 0 Å². The predicted molar refractivity (Wildman–Crippen MR) is 199 cm³/mol. The highest BCUT2D eigenvalue weighted by atomic mass is 16.3. The zero-order valence-electron chi connectivity index (χ0n) is 26.3. The first-order valence-electron chi connectivity index (χ1n) is 16.4. The van der Waals surface area contributed by atoms with Crippen LogP contribution in [-0.2, 0) is 0 Å². The highest BCUT2D eigenvalue weighted by Crippen LogP contribution is 2.42. The van der Waals surface area contributed by atoms with Crippen LogP contribution in [0, 0.1) is 22.7 Å². The molecule has 7 aromatic carbocycles. The van der Waals surface area contributed by atoms with Crippen LogP contribution in [0.1, 0.15) is 11.1 Å². The van der Waals surface area contributed by atoms with E-state index in [2.05, 4.69) is 81.9 Å². The summed E-state index contributed by atoms with van der Waals surface area (Å²) < 4.78 is 16.9. The average Bonchev–Trinajstić information content (AvgIpc) is 3.89. The van der Waals surface area contributed by atoms with Gasteiger partial charge in [0.25, 0.3) is 0 Å². The van der Waals surface area contributed by atoms with Gasteiger partial charge in [0.2, 0.25) is 0 Å². The van der Waals surface area contributed by atoms with Crippen LogP contribution < -0.4 is 0 Å². The second-order valence-electron chi connectivity index (χ2n) is 12.7. The fourth-order valence-electron chi connectivity index (χ4n) is 8.02. The van der Waals surface area contributed by atoms with Gasteiger partial charge in [0, 0.05) is 55.2 Å². The molecule has 4 heterocycles. The number of para-hydroxylation sites is 4. The SMILES string of the molecule is N#Cc1cc(C#N)c(-n2c3ccccc3c3cc4c(cc32)oc2ccccc24)cc1-n1c2ccccc2c2cc3c(cc21)oc1ccccc13. The molecule has 11 aromatic rings. The summed E-state index contributed by atoms with van der Waals surface area (Å²) in [6.07, 6.45) is 0. The highest BCUT2D eigenvalue weighted by molar-refractivity contribution is 6.19. The van der Waals surface area contributed by atoms with Crippen molar-refractivity contribution in [2.75, 3.05) is 0 Å². The van der Waals surface area contributed by atoms with Crippen LogP contribution in [0.25, 0.3) is 98.9 Å². The number of nitriles is 2. The Bertz CT molecular complexity index is 3130. The van der Waals surface area contributed by atoms with E-state index in [9.17, 15) is 10.5 Å². The zero-order chi connectivity index (χ0) is 33.1. The standard InChI is InChI=1S/C44H22N4O2/c45-23-25-17-26(24-46)38(48-36-14-6-2-10-28(36)32-19-34-30-12-4-8-16-42(30)50-44(34)22-40(32)48)20-37(25)47-35-13-5-1-9-27(35)31-18-33-29-11-3-7-15-41(29)49-43(33)21-39(31)47/h1-22H. The zero-order valence-corrected chi connectivity index (χ0v) is 26.3.